The van der Waals surface area contributed by atoms with E-state index in [0.717, 1.165) is 55.3 Å². The van der Waals surface area contributed by atoms with Crippen LogP contribution >= 0.6 is 38.5 Å². The van der Waals surface area contributed by atoms with Crippen molar-refractivity contribution in [3.8, 4) is 17.1 Å². The summed E-state index contributed by atoms with van der Waals surface area (Å²) < 4.78 is 12.6. The quantitative estimate of drug-likeness (QED) is 0.339. The lowest BCUT2D eigenvalue weighted by Crippen LogP contribution is -2.13. The molecule has 4 aromatic rings. The summed E-state index contributed by atoms with van der Waals surface area (Å²) in [6, 6.07) is 14.4. The molecule has 5 rings (SSSR count). The van der Waals surface area contributed by atoms with E-state index < -0.39 is 0 Å². The number of aryl methyl sites for hydroxylation is 1. The highest BCUT2D eigenvalue weighted by molar-refractivity contribution is 14.1. The maximum absolute atomic E-state index is 5.97. The van der Waals surface area contributed by atoms with Crippen molar-refractivity contribution >= 4 is 49.6 Å². The number of nitrogens with zero attached hydrogens (tertiary/aromatic N) is 4. The highest BCUT2D eigenvalue weighted by Crippen LogP contribution is 2.36. The van der Waals surface area contributed by atoms with Crippen LogP contribution in [0.3, 0.4) is 0 Å². The Morgan fingerprint density at radius 1 is 1.19 bits per heavy atom. The van der Waals surface area contributed by atoms with Crippen LogP contribution in [0.4, 0.5) is 0 Å². The van der Waals surface area contributed by atoms with Crippen LogP contribution in [-0.2, 0) is 13.1 Å². The lowest BCUT2D eigenvalue weighted by atomic mass is 10.2. The number of ether oxygens (including phenoxy) is 1. The molecule has 7 heteroatoms. The van der Waals surface area contributed by atoms with Crippen LogP contribution in [0.15, 0.2) is 46.9 Å². The number of para-hydroxylation sites is 2. The summed E-state index contributed by atoms with van der Waals surface area (Å²) in [7, 11) is 0. The first kappa shape index (κ1) is 17.2. The molecule has 0 saturated carbocycles. The van der Waals surface area contributed by atoms with E-state index in [0.29, 0.717) is 6.61 Å². The van der Waals surface area contributed by atoms with Gasteiger partial charge in [0, 0.05) is 4.47 Å². The van der Waals surface area contributed by atoms with E-state index in [1.807, 2.05) is 18.2 Å². The van der Waals surface area contributed by atoms with Crippen LogP contribution in [-0.4, -0.2) is 25.7 Å². The van der Waals surface area contributed by atoms with Crippen molar-refractivity contribution in [1.82, 2.24) is 19.1 Å². The SMILES string of the molecule is Cc1nc2ccccc2n1Cc1c(I)nc2n1CCOc1ccc(Br)cc1-2. The van der Waals surface area contributed by atoms with Gasteiger partial charge in [0.2, 0.25) is 0 Å². The molecule has 27 heavy (non-hydrogen) atoms. The zero-order valence-electron chi connectivity index (χ0n) is 14.6. The normalized spacial score (nSPS) is 13.1. The standard InChI is InChI=1S/C20H16BrIN4O/c1-12-23-15-4-2-3-5-16(15)26(12)11-17-19(22)24-20-14-10-13(21)6-7-18(14)27-9-8-25(17)20/h2-7,10H,8-9,11H2,1H3. The summed E-state index contributed by atoms with van der Waals surface area (Å²) >= 11 is 5.92. The van der Waals surface area contributed by atoms with Gasteiger partial charge < -0.3 is 13.9 Å². The third kappa shape index (κ3) is 2.87. The van der Waals surface area contributed by atoms with Gasteiger partial charge >= 0.3 is 0 Å². The van der Waals surface area contributed by atoms with Gasteiger partial charge in [-0.25, -0.2) is 9.97 Å². The van der Waals surface area contributed by atoms with E-state index in [1.165, 1.54) is 5.69 Å². The number of hydrogen-bond donors (Lipinski definition) is 0. The Morgan fingerprint density at radius 3 is 2.93 bits per heavy atom. The Balaban J connectivity index is 1.66. The topological polar surface area (TPSA) is 44.9 Å². The first-order valence-electron chi connectivity index (χ1n) is 8.71. The van der Waals surface area contributed by atoms with Gasteiger partial charge in [-0.3, -0.25) is 0 Å². The smallest absolute Gasteiger partial charge is 0.145 e. The van der Waals surface area contributed by atoms with E-state index >= 15 is 0 Å². The maximum Gasteiger partial charge on any atom is 0.145 e. The van der Waals surface area contributed by atoms with E-state index in [1.54, 1.807) is 0 Å². The van der Waals surface area contributed by atoms with Crippen LogP contribution in [0.5, 0.6) is 5.75 Å². The molecule has 0 unspecified atom stereocenters. The van der Waals surface area contributed by atoms with Crippen LogP contribution < -0.4 is 4.74 Å². The molecule has 5 nitrogen and oxygen atoms in total. The van der Waals surface area contributed by atoms with Crippen LogP contribution in [0, 0.1) is 10.6 Å². The lowest BCUT2D eigenvalue weighted by Gasteiger charge is -2.11. The molecular formula is C20H16BrIN4O. The van der Waals surface area contributed by atoms with Gasteiger partial charge in [0.25, 0.3) is 0 Å². The Hall–Kier alpha value is -1.87. The molecule has 2 aromatic carbocycles. The summed E-state index contributed by atoms with van der Waals surface area (Å²) in [6.07, 6.45) is 0. The summed E-state index contributed by atoms with van der Waals surface area (Å²) in [5.74, 6) is 2.86. The van der Waals surface area contributed by atoms with Crippen LogP contribution in [0.2, 0.25) is 0 Å². The zero-order chi connectivity index (χ0) is 18.5. The number of hydrogen-bond acceptors (Lipinski definition) is 3. The van der Waals surface area contributed by atoms with Gasteiger partial charge in [-0.05, 0) is 59.8 Å². The first-order chi connectivity index (χ1) is 13.1. The first-order valence-corrected chi connectivity index (χ1v) is 10.6. The summed E-state index contributed by atoms with van der Waals surface area (Å²) in [6.45, 7) is 4.20. The van der Waals surface area contributed by atoms with Crippen molar-refractivity contribution in [2.24, 2.45) is 0 Å². The fraction of sp³-hybridized carbons (Fsp3) is 0.200. The molecular weight excluding hydrogens is 519 g/mol. The molecule has 0 atom stereocenters. The summed E-state index contributed by atoms with van der Waals surface area (Å²) in [5, 5.41) is 0. The van der Waals surface area contributed by atoms with Gasteiger partial charge in [0.05, 0.1) is 35.4 Å². The van der Waals surface area contributed by atoms with Gasteiger partial charge in [-0.15, -0.1) is 0 Å². The van der Waals surface area contributed by atoms with Crippen molar-refractivity contribution < 1.29 is 4.74 Å². The highest BCUT2D eigenvalue weighted by atomic mass is 127. The molecule has 0 saturated heterocycles. The van der Waals surface area contributed by atoms with Gasteiger partial charge in [0.15, 0.2) is 0 Å². The molecule has 0 spiro atoms. The van der Waals surface area contributed by atoms with Crippen molar-refractivity contribution in [2.45, 2.75) is 20.0 Å². The van der Waals surface area contributed by atoms with Crippen LogP contribution in [0.25, 0.3) is 22.4 Å². The Bertz CT molecular complexity index is 1180. The average molecular weight is 535 g/mol. The Morgan fingerprint density at radius 2 is 2.04 bits per heavy atom. The maximum atomic E-state index is 5.97. The second kappa shape index (κ2) is 6.63. The predicted molar refractivity (Wildman–Crippen MR) is 117 cm³/mol. The zero-order valence-corrected chi connectivity index (χ0v) is 18.4. The van der Waals surface area contributed by atoms with Gasteiger partial charge in [-0.2, -0.15) is 0 Å². The van der Waals surface area contributed by atoms with E-state index in [4.69, 9.17) is 14.7 Å². The number of halogens is 2. The molecule has 0 radical (unpaired) electrons. The fourth-order valence-corrected chi connectivity index (χ4v) is 4.70. The minimum Gasteiger partial charge on any atom is -0.491 e. The minimum atomic E-state index is 0.630. The van der Waals surface area contributed by atoms with E-state index in [9.17, 15) is 0 Å². The lowest BCUT2D eigenvalue weighted by molar-refractivity contribution is 0.304. The molecule has 0 aliphatic carbocycles. The number of aromatic nitrogens is 4. The van der Waals surface area contributed by atoms with E-state index in [-0.39, 0.29) is 0 Å². The molecule has 2 aromatic heterocycles. The number of fused-ring (bicyclic) bond motifs is 4. The number of rotatable bonds is 2. The van der Waals surface area contributed by atoms with Crippen molar-refractivity contribution in [3.05, 3.63) is 62.2 Å². The molecule has 0 bridgehead atoms. The monoisotopic (exact) mass is 534 g/mol. The molecule has 1 aliphatic rings. The highest BCUT2D eigenvalue weighted by Gasteiger charge is 2.23. The summed E-state index contributed by atoms with van der Waals surface area (Å²) in [5.41, 5.74) is 4.39. The van der Waals surface area contributed by atoms with Crippen molar-refractivity contribution in [2.75, 3.05) is 6.61 Å². The molecule has 136 valence electrons. The predicted octanol–water partition coefficient (Wildman–Crippen LogP) is 5.02. The largest absolute Gasteiger partial charge is 0.491 e. The Labute approximate surface area is 178 Å². The second-order valence-corrected chi connectivity index (χ2v) is 8.48. The summed E-state index contributed by atoms with van der Waals surface area (Å²) in [4.78, 5) is 9.60. The van der Waals surface area contributed by atoms with Crippen molar-refractivity contribution in [3.63, 3.8) is 0 Å². The Kier molecular flexibility index (Phi) is 4.23. The molecule has 0 N–H and O–H groups in total. The van der Waals surface area contributed by atoms with Gasteiger partial charge in [-0.1, -0.05) is 28.1 Å². The fourth-order valence-electron chi connectivity index (χ4n) is 3.65. The molecule has 1 aliphatic heterocycles. The minimum absolute atomic E-state index is 0.630. The average Bonchev–Trinajstić information content (AvgIpc) is 3.07. The van der Waals surface area contributed by atoms with Crippen LogP contribution in [0.1, 0.15) is 11.5 Å². The number of benzene rings is 2. The van der Waals surface area contributed by atoms with E-state index in [2.05, 4.69) is 78.8 Å². The third-order valence-electron chi connectivity index (χ3n) is 4.93. The van der Waals surface area contributed by atoms with Crippen molar-refractivity contribution in [1.29, 1.82) is 0 Å². The number of imidazole rings is 2. The van der Waals surface area contributed by atoms with Gasteiger partial charge in [0.1, 0.15) is 27.7 Å². The third-order valence-corrected chi connectivity index (χ3v) is 6.29. The molecule has 0 fully saturated rings. The molecule has 0 amide bonds. The molecule has 3 heterocycles. The second-order valence-electron chi connectivity index (χ2n) is 6.55.